The van der Waals surface area contributed by atoms with E-state index >= 15 is 0 Å². The molecule has 1 saturated heterocycles. The molecule has 0 spiro atoms. The zero-order valence-corrected chi connectivity index (χ0v) is 17.5. The molecule has 2 rings (SSSR count). The van der Waals surface area contributed by atoms with Crippen LogP contribution in [0.5, 0.6) is 0 Å². The highest BCUT2D eigenvalue weighted by molar-refractivity contribution is 7.89. The highest BCUT2D eigenvalue weighted by Gasteiger charge is 2.30. The minimum absolute atomic E-state index is 0.0410. The second-order valence-corrected chi connectivity index (χ2v) is 9.29. The molecule has 7 heteroatoms. The van der Waals surface area contributed by atoms with Gasteiger partial charge in [-0.25, -0.2) is 8.42 Å². The lowest BCUT2D eigenvalue weighted by Gasteiger charge is -2.38. The zero-order chi connectivity index (χ0) is 20.0. The molecule has 0 bridgehead atoms. The van der Waals surface area contributed by atoms with E-state index in [-0.39, 0.29) is 22.9 Å². The molecule has 1 amide bonds. The monoisotopic (exact) mass is 395 g/mol. The summed E-state index contributed by atoms with van der Waals surface area (Å²) in [4.78, 5) is 15.0. The maximum atomic E-state index is 12.9. The Morgan fingerprint density at radius 2 is 1.78 bits per heavy atom. The fourth-order valence-corrected chi connectivity index (χ4v) is 5.32. The molecule has 1 aliphatic heterocycles. The predicted octanol–water partition coefficient (Wildman–Crippen LogP) is 2.84. The number of piperidine rings is 1. The van der Waals surface area contributed by atoms with Crippen molar-refractivity contribution in [3.63, 3.8) is 0 Å². The first kappa shape index (κ1) is 21.9. The van der Waals surface area contributed by atoms with Gasteiger partial charge in [-0.15, -0.1) is 0 Å². The first-order chi connectivity index (χ1) is 12.8. The second-order valence-electron chi connectivity index (χ2n) is 7.35. The third-order valence-electron chi connectivity index (χ3n) is 5.10. The van der Waals surface area contributed by atoms with E-state index in [0.29, 0.717) is 25.2 Å². The molecular formula is C20H33N3O3S. The van der Waals surface area contributed by atoms with Gasteiger partial charge in [-0.05, 0) is 63.3 Å². The number of hydrogen-bond donors (Lipinski definition) is 1. The van der Waals surface area contributed by atoms with Gasteiger partial charge in [0.15, 0.2) is 0 Å². The first-order valence-corrected chi connectivity index (χ1v) is 11.4. The Hall–Kier alpha value is -1.44. The summed E-state index contributed by atoms with van der Waals surface area (Å²) in [7, 11) is -3.53. The van der Waals surface area contributed by atoms with Gasteiger partial charge in [-0.1, -0.05) is 13.8 Å². The molecule has 0 radical (unpaired) electrons. The van der Waals surface area contributed by atoms with Crippen molar-refractivity contribution in [3.8, 4) is 0 Å². The summed E-state index contributed by atoms with van der Waals surface area (Å²) >= 11 is 0. The maximum Gasteiger partial charge on any atom is 0.254 e. The summed E-state index contributed by atoms with van der Waals surface area (Å²) in [5.41, 5.74) is 6.58. The lowest BCUT2D eigenvalue weighted by atomic mass is 9.96. The molecule has 0 aliphatic carbocycles. The number of nitrogens with zero attached hydrogens (tertiary/aromatic N) is 2. The summed E-state index contributed by atoms with van der Waals surface area (Å²) < 4.78 is 27.2. The Balaban J connectivity index is 2.22. The molecule has 1 heterocycles. The van der Waals surface area contributed by atoms with Crippen LogP contribution in [0.4, 0.5) is 0 Å². The number of sulfonamides is 1. The molecule has 1 fully saturated rings. The van der Waals surface area contributed by atoms with Gasteiger partial charge in [0.05, 0.1) is 4.90 Å². The second kappa shape index (κ2) is 9.66. The van der Waals surface area contributed by atoms with Crippen molar-refractivity contribution in [1.82, 2.24) is 9.21 Å². The van der Waals surface area contributed by atoms with Gasteiger partial charge in [0.1, 0.15) is 0 Å². The number of carbonyl (C=O) groups excluding carboxylic acids is 1. The van der Waals surface area contributed by atoms with Crippen LogP contribution in [0.25, 0.3) is 0 Å². The van der Waals surface area contributed by atoms with Crippen molar-refractivity contribution in [2.75, 3.05) is 19.6 Å². The van der Waals surface area contributed by atoms with Gasteiger partial charge >= 0.3 is 0 Å². The Labute approximate surface area is 163 Å². The number of hydrogen-bond acceptors (Lipinski definition) is 4. The van der Waals surface area contributed by atoms with Crippen molar-refractivity contribution >= 4 is 15.9 Å². The largest absolute Gasteiger partial charge is 0.334 e. The predicted molar refractivity (Wildman–Crippen MR) is 108 cm³/mol. The molecular weight excluding hydrogens is 362 g/mol. The fourth-order valence-electron chi connectivity index (χ4n) is 3.69. The molecule has 1 aliphatic rings. The molecule has 2 N–H and O–H groups in total. The quantitative estimate of drug-likeness (QED) is 0.734. The smallest absolute Gasteiger partial charge is 0.254 e. The van der Waals surface area contributed by atoms with E-state index in [1.165, 1.54) is 4.31 Å². The van der Waals surface area contributed by atoms with E-state index in [2.05, 4.69) is 0 Å². The van der Waals surface area contributed by atoms with E-state index < -0.39 is 10.0 Å². The van der Waals surface area contributed by atoms with Crippen LogP contribution in [0, 0.1) is 0 Å². The van der Waals surface area contributed by atoms with Gasteiger partial charge in [0.2, 0.25) is 10.0 Å². The van der Waals surface area contributed by atoms with Crippen molar-refractivity contribution in [2.45, 2.75) is 69.9 Å². The van der Waals surface area contributed by atoms with E-state index in [0.717, 1.165) is 32.1 Å². The van der Waals surface area contributed by atoms with Crippen LogP contribution in [0.3, 0.4) is 0 Å². The number of benzene rings is 1. The van der Waals surface area contributed by atoms with Crippen LogP contribution >= 0.6 is 0 Å². The topological polar surface area (TPSA) is 83.7 Å². The third kappa shape index (κ3) is 5.09. The summed E-state index contributed by atoms with van der Waals surface area (Å²) in [6.45, 7) is 7.57. The van der Waals surface area contributed by atoms with Crippen LogP contribution in [-0.4, -0.2) is 55.2 Å². The Morgan fingerprint density at radius 3 is 2.30 bits per heavy atom. The maximum absolute atomic E-state index is 12.9. The number of rotatable bonds is 8. The van der Waals surface area contributed by atoms with Crippen LogP contribution < -0.4 is 5.73 Å². The molecule has 152 valence electrons. The number of nitrogens with two attached hydrogens (primary N) is 1. The summed E-state index contributed by atoms with van der Waals surface area (Å²) in [6.07, 6.45) is 4.51. The highest BCUT2D eigenvalue weighted by atomic mass is 32.2. The molecule has 0 aromatic heterocycles. The van der Waals surface area contributed by atoms with Gasteiger partial charge in [-0.2, -0.15) is 4.31 Å². The van der Waals surface area contributed by atoms with Crippen molar-refractivity contribution in [2.24, 2.45) is 5.73 Å². The van der Waals surface area contributed by atoms with Crippen LogP contribution in [0.2, 0.25) is 0 Å². The average Bonchev–Trinajstić information content (AvgIpc) is 2.67. The van der Waals surface area contributed by atoms with Crippen molar-refractivity contribution < 1.29 is 13.2 Å². The van der Waals surface area contributed by atoms with Gasteiger partial charge in [0, 0.05) is 37.3 Å². The zero-order valence-electron chi connectivity index (χ0n) is 16.7. The van der Waals surface area contributed by atoms with Crippen molar-refractivity contribution in [1.29, 1.82) is 0 Å². The Kier molecular flexibility index (Phi) is 7.82. The fraction of sp³-hybridized carbons (Fsp3) is 0.650. The standard InChI is InChI=1S/C20H33N3O3S/c1-4-13-22(14-5-2)27(25,26)18-11-9-17(10-12-18)20(24)23-15-7-6-8-19(23)16(3)21/h9-12,16,19H,4-8,13-15,21H2,1-3H3. The third-order valence-corrected chi connectivity index (χ3v) is 7.01. The average molecular weight is 396 g/mol. The SMILES string of the molecule is CCCN(CCC)S(=O)(=O)c1ccc(C(=O)N2CCCCC2C(C)N)cc1. The van der Waals surface area contributed by atoms with Crippen LogP contribution in [0.15, 0.2) is 29.2 Å². The van der Waals surface area contributed by atoms with E-state index in [1.54, 1.807) is 24.3 Å². The summed E-state index contributed by atoms with van der Waals surface area (Å²) in [5, 5.41) is 0. The minimum atomic E-state index is -3.53. The highest BCUT2D eigenvalue weighted by Crippen LogP contribution is 2.23. The van der Waals surface area contributed by atoms with Crippen molar-refractivity contribution in [3.05, 3.63) is 29.8 Å². The summed E-state index contributed by atoms with van der Waals surface area (Å²) in [6, 6.07) is 6.30. The number of likely N-dealkylation sites (tertiary alicyclic amines) is 1. The normalized spacial score (nSPS) is 19.3. The molecule has 1 aromatic carbocycles. The van der Waals surface area contributed by atoms with E-state index in [4.69, 9.17) is 5.73 Å². The van der Waals surface area contributed by atoms with Gasteiger partial charge in [-0.3, -0.25) is 4.79 Å². The Morgan fingerprint density at radius 1 is 1.19 bits per heavy atom. The first-order valence-electron chi connectivity index (χ1n) is 9.99. The molecule has 6 nitrogen and oxygen atoms in total. The van der Waals surface area contributed by atoms with Crippen LogP contribution in [0.1, 0.15) is 63.2 Å². The lowest BCUT2D eigenvalue weighted by Crippen LogP contribution is -2.51. The number of carbonyl (C=O) groups is 1. The molecule has 2 unspecified atom stereocenters. The van der Waals surface area contributed by atoms with Gasteiger partial charge in [0.25, 0.3) is 5.91 Å². The molecule has 0 saturated carbocycles. The van der Waals surface area contributed by atoms with Crippen LogP contribution in [-0.2, 0) is 10.0 Å². The minimum Gasteiger partial charge on any atom is -0.334 e. The molecule has 1 aromatic rings. The van der Waals surface area contributed by atoms with Gasteiger partial charge < -0.3 is 10.6 Å². The molecule has 27 heavy (non-hydrogen) atoms. The Bertz CT molecular complexity index is 710. The number of amides is 1. The summed E-state index contributed by atoms with van der Waals surface area (Å²) in [5.74, 6) is -0.0695. The molecule has 2 atom stereocenters. The van der Waals surface area contributed by atoms with E-state index in [9.17, 15) is 13.2 Å². The lowest BCUT2D eigenvalue weighted by molar-refractivity contribution is 0.0583. The van der Waals surface area contributed by atoms with E-state index in [1.807, 2.05) is 25.7 Å².